The maximum atomic E-state index is 12.8. The van der Waals surface area contributed by atoms with Crippen molar-refractivity contribution in [2.75, 3.05) is 23.7 Å². The van der Waals surface area contributed by atoms with Crippen LogP contribution in [-0.4, -0.2) is 47.7 Å². The number of benzene rings is 1. The van der Waals surface area contributed by atoms with Gasteiger partial charge in [-0.25, -0.2) is 9.59 Å². The quantitative estimate of drug-likeness (QED) is 0.711. The number of para-hydroxylation sites is 2. The molecular formula is C21H32N4O4. The van der Waals surface area contributed by atoms with E-state index in [-0.39, 0.29) is 23.9 Å². The predicted molar refractivity (Wildman–Crippen MR) is 113 cm³/mol. The molecule has 1 atom stereocenters. The third kappa shape index (κ3) is 7.29. The Labute approximate surface area is 172 Å². The van der Waals surface area contributed by atoms with Gasteiger partial charge < -0.3 is 25.6 Å². The summed E-state index contributed by atoms with van der Waals surface area (Å²) in [6, 6.07) is 6.69. The first-order chi connectivity index (χ1) is 13.5. The number of carbonyl (C=O) groups excluding carboxylic acids is 3. The monoisotopic (exact) mass is 404 g/mol. The molecule has 8 heteroatoms. The standard InChI is InChI=1S/C21H32N4O4/c1-14(2)22-19(27)24-17-11-7-6-10-16(17)23-18(26)15-9-8-12-25(13-15)20(28)29-21(3,4)5/h6-7,10-11,14-15H,8-9,12-13H2,1-5H3,(H,23,26)(H2,22,24,27). The third-order valence-electron chi connectivity index (χ3n) is 4.30. The van der Waals surface area contributed by atoms with E-state index >= 15 is 0 Å². The molecule has 0 aromatic heterocycles. The van der Waals surface area contributed by atoms with Crippen LogP contribution in [0.1, 0.15) is 47.5 Å². The van der Waals surface area contributed by atoms with Crippen LogP contribution in [0.3, 0.4) is 0 Å². The number of piperidine rings is 1. The summed E-state index contributed by atoms with van der Waals surface area (Å²) in [5, 5.41) is 8.39. The first kappa shape index (κ1) is 22.5. The van der Waals surface area contributed by atoms with Crippen molar-refractivity contribution in [2.24, 2.45) is 5.92 Å². The zero-order valence-electron chi connectivity index (χ0n) is 17.9. The van der Waals surface area contributed by atoms with Gasteiger partial charge in [-0.2, -0.15) is 0 Å². The molecule has 3 N–H and O–H groups in total. The van der Waals surface area contributed by atoms with E-state index in [4.69, 9.17) is 4.74 Å². The van der Waals surface area contributed by atoms with Crippen molar-refractivity contribution in [3.63, 3.8) is 0 Å². The molecule has 0 saturated carbocycles. The molecule has 0 bridgehead atoms. The SMILES string of the molecule is CC(C)NC(=O)Nc1ccccc1NC(=O)C1CCCN(C(=O)OC(C)(C)C)C1. The number of rotatable bonds is 4. The van der Waals surface area contributed by atoms with Crippen LogP contribution in [0.4, 0.5) is 21.0 Å². The van der Waals surface area contributed by atoms with Crippen LogP contribution in [0, 0.1) is 5.92 Å². The molecule has 0 radical (unpaired) electrons. The molecular weight excluding hydrogens is 372 g/mol. The topological polar surface area (TPSA) is 99.8 Å². The largest absolute Gasteiger partial charge is 0.444 e. The van der Waals surface area contributed by atoms with Gasteiger partial charge in [0.1, 0.15) is 5.60 Å². The van der Waals surface area contributed by atoms with Crippen LogP contribution in [0.2, 0.25) is 0 Å². The normalized spacial score (nSPS) is 16.9. The molecule has 8 nitrogen and oxygen atoms in total. The zero-order valence-corrected chi connectivity index (χ0v) is 17.9. The van der Waals surface area contributed by atoms with Crippen molar-refractivity contribution in [2.45, 2.75) is 59.1 Å². The highest BCUT2D eigenvalue weighted by atomic mass is 16.6. The van der Waals surface area contributed by atoms with Crippen molar-refractivity contribution in [3.05, 3.63) is 24.3 Å². The maximum absolute atomic E-state index is 12.8. The van der Waals surface area contributed by atoms with E-state index in [1.165, 1.54) is 0 Å². The Hall–Kier alpha value is -2.77. The van der Waals surface area contributed by atoms with E-state index in [0.29, 0.717) is 30.9 Å². The summed E-state index contributed by atoms with van der Waals surface area (Å²) in [7, 11) is 0. The molecule has 2 rings (SSSR count). The molecule has 1 unspecified atom stereocenters. The van der Waals surface area contributed by atoms with Gasteiger partial charge in [0.05, 0.1) is 17.3 Å². The summed E-state index contributed by atoms with van der Waals surface area (Å²) in [6.45, 7) is 10.1. The minimum absolute atomic E-state index is 0.00201. The highest BCUT2D eigenvalue weighted by Crippen LogP contribution is 2.25. The Bertz CT molecular complexity index is 742. The van der Waals surface area contributed by atoms with Crippen molar-refractivity contribution < 1.29 is 19.1 Å². The smallest absolute Gasteiger partial charge is 0.410 e. The summed E-state index contributed by atoms with van der Waals surface area (Å²) in [5.41, 5.74) is 0.456. The molecule has 1 saturated heterocycles. The Morgan fingerprint density at radius 1 is 1.10 bits per heavy atom. The van der Waals surface area contributed by atoms with E-state index in [1.807, 2.05) is 34.6 Å². The number of nitrogens with zero attached hydrogens (tertiary/aromatic N) is 1. The van der Waals surface area contributed by atoms with Crippen molar-refractivity contribution in [1.82, 2.24) is 10.2 Å². The lowest BCUT2D eigenvalue weighted by atomic mass is 9.97. The van der Waals surface area contributed by atoms with E-state index in [9.17, 15) is 14.4 Å². The Morgan fingerprint density at radius 2 is 1.72 bits per heavy atom. The second kappa shape index (κ2) is 9.62. The van der Waals surface area contributed by atoms with Crippen LogP contribution >= 0.6 is 0 Å². The van der Waals surface area contributed by atoms with Gasteiger partial charge in [-0.15, -0.1) is 0 Å². The fraction of sp³-hybridized carbons (Fsp3) is 0.571. The first-order valence-corrected chi connectivity index (χ1v) is 10.0. The second-order valence-corrected chi connectivity index (χ2v) is 8.55. The van der Waals surface area contributed by atoms with Gasteiger partial charge in [0, 0.05) is 19.1 Å². The lowest BCUT2D eigenvalue weighted by Crippen LogP contribution is -2.45. The van der Waals surface area contributed by atoms with Crippen molar-refractivity contribution in [1.29, 1.82) is 0 Å². The number of ether oxygens (including phenoxy) is 1. The van der Waals surface area contributed by atoms with Gasteiger partial charge in [-0.1, -0.05) is 12.1 Å². The Morgan fingerprint density at radius 3 is 2.31 bits per heavy atom. The number of nitrogens with one attached hydrogen (secondary N) is 3. The zero-order chi connectivity index (χ0) is 21.6. The fourth-order valence-electron chi connectivity index (χ4n) is 3.04. The molecule has 0 spiro atoms. The average Bonchev–Trinajstić information content (AvgIpc) is 2.61. The minimum atomic E-state index is -0.576. The van der Waals surface area contributed by atoms with Gasteiger partial charge >= 0.3 is 12.1 Å². The molecule has 1 aromatic carbocycles. The number of amides is 4. The van der Waals surface area contributed by atoms with E-state index < -0.39 is 11.7 Å². The van der Waals surface area contributed by atoms with Gasteiger partial charge in [-0.3, -0.25) is 4.79 Å². The summed E-state index contributed by atoms with van der Waals surface area (Å²) in [6.07, 6.45) is 1.02. The number of hydrogen-bond donors (Lipinski definition) is 3. The Balaban J connectivity index is 2.01. The first-order valence-electron chi connectivity index (χ1n) is 10.0. The highest BCUT2D eigenvalue weighted by Gasteiger charge is 2.31. The maximum Gasteiger partial charge on any atom is 0.410 e. The number of likely N-dealkylation sites (tertiary alicyclic amines) is 1. The predicted octanol–water partition coefficient (Wildman–Crippen LogP) is 3.80. The average molecular weight is 405 g/mol. The van der Waals surface area contributed by atoms with Crippen molar-refractivity contribution >= 4 is 29.4 Å². The Kier molecular flexibility index (Phi) is 7.47. The highest BCUT2D eigenvalue weighted by molar-refractivity contribution is 6.00. The van der Waals surface area contributed by atoms with Gasteiger partial charge in [0.25, 0.3) is 0 Å². The van der Waals surface area contributed by atoms with Crippen LogP contribution < -0.4 is 16.0 Å². The van der Waals surface area contributed by atoms with Gasteiger partial charge in [-0.05, 0) is 59.6 Å². The molecule has 1 aliphatic heterocycles. The molecule has 1 fully saturated rings. The molecule has 1 aromatic rings. The summed E-state index contributed by atoms with van der Waals surface area (Å²) < 4.78 is 5.42. The lowest BCUT2D eigenvalue weighted by Gasteiger charge is -2.33. The number of carbonyl (C=O) groups is 3. The molecule has 0 aliphatic carbocycles. The lowest BCUT2D eigenvalue weighted by molar-refractivity contribution is -0.121. The minimum Gasteiger partial charge on any atom is -0.444 e. The fourth-order valence-corrected chi connectivity index (χ4v) is 3.04. The number of urea groups is 1. The van der Waals surface area contributed by atoms with Crippen LogP contribution in [0.15, 0.2) is 24.3 Å². The number of anilines is 2. The third-order valence-corrected chi connectivity index (χ3v) is 4.30. The molecule has 1 heterocycles. The van der Waals surface area contributed by atoms with Crippen LogP contribution in [-0.2, 0) is 9.53 Å². The summed E-state index contributed by atoms with van der Waals surface area (Å²) >= 11 is 0. The van der Waals surface area contributed by atoms with Gasteiger partial charge in [0.15, 0.2) is 0 Å². The van der Waals surface area contributed by atoms with Crippen LogP contribution in [0.25, 0.3) is 0 Å². The number of hydrogen-bond acceptors (Lipinski definition) is 4. The van der Waals surface area contributed by atoms with E-state index in [2.05, 4.69) is 16.0 Å². The van der Waals surface area contributed by atoms with Gasteiger partial charge in [0.2, 0.25) is 5.91 Å². The molecule has 1 aliphatic rings. The molecule has 29 heavy (non-hydrogen) atoms. The van der Waals surface area contributed by atoms with Crippen LogP contribution in [0.5, 0.6) is 0 Å². The summed E-state index contributed by atoms with van der Waals surface area (Å²) in [5.74, 6) is -0.523. The summed E-state index contributed by atoms with van der Waals surface area (Å²) in [4.78, 5) is 38.7. The second-order valence-electron chi connectivity index (χ2n) is 8.55. The molecule has 160 valence electrons. The van der Waals surface area contributed by atoms with Crippen molar-refractivity contribution in [3.8, 4) is 0 Å². The molecule has 4 amide bonds. The van der Waals surface area contributed by atoms with E-state index in [1.54, 1.807) is 29.2 Å². The van der Waals surface area contributed by atoms with E-state index in [0.717, 1.165) is 6.42 Å².